The minimum atomic E-state index is 0.0418. The molecule has 0 radical (unpaired) electrons. The zero-order valence-electron chi connectivity index (χ0n) is 12.0. The largest absolute Gasteiger partial charge is 0.377 e. The minimum absolute atomic E-state index is 0.0418. The smallest absolute Gasteiger partial charge is 0.0641 e. The molecule has 0 spiro atoms. The first-order valence-electron chi connectivity index (χ1n) is 7.65. The zero-order chi connectivity index (χ0) is 12.8. The Hall–Kier alpha value is -0.120. The Bertz CT molecular complexity index is 237. The molecule has 1 unspecified atom stereocenters. The monoisotopic (exact) mass is 255 g/mol. The van der Waals surface area contributed by atoms with Gasteiger partial charge in [0.05, 0.1) is 18.3 Å². The van der Waals surface area contributed by atoms with E-state index in [0.717, 1.165) is 32.6 Å². The normalized spacial score (nSPS) is 29.3. The van der Waals surface area contributed by atoms with Gasteiger partial charge in [0.15, 0.2) is 0 Å². The van der Waals surface area contributed by atoms with Crippen LogP contribution in [0.3, 0.4) is 0 Å². The summed E-state index contributed by atoms with van der Waals surface area (Å²) < 4.78 is 11.7. The highest BCUT2D eigenvalue weighted by atomic mass is 16.5. The van der Waals surface area contributed by atoms with Crippen LogP contribution < -0.4 is 5.32 Å². The Kier molecular flexibility index (Phi) is 5.46. The van der Waals surface area contributed by atoms with Crippen molar-refractivity contribution in [1.29, 1.82) is 0 Å². The van der Waals surface area contributed by atoms with Crippen molar-refractivity contribution in [3.05, 3.63) is 0 Å². The predicted octanol–water partition coefficient (Wildman–Crippen LogP) is 2.88. The maximum atomic E-state index is 5.93. The van der Waals surface area contributed by atoms with Gasteiger partial charge in [-0.25, -0.2) is 0 Å². The molecular weight excluding hydrogens is 226 g/mol. The second-order valence-electron chi connectivity index (χ2n) is 6.38. The van der Waals surface area contributed by atoms with Gasteiger partial charge in [-0.2, -0.15) is 0 Å². The fourth-order valence-corrected chi connectivity index (χ4v) is 3.13. The Morgan fingerprint density at radius 2 is 1.94 bits per heavy atom. The average molecular weight is 255 g/mol. The summed E-state index contributed by atoms with van der Waals surface area (Å²) in [5, 5.41) is 3.61. The molecule has 0 aromatic carbocycles. The molecule has 1 atom stereocenters. The van der Waals surface area contributed by atoms with Gasteiger partial charge in [0, 0.05) is 19.2 Å². The Morgan fingerprint density at radius 3 is 2.67 bits per heavy atom. The van der Waals surface area contributed by atoms with Crippen LogP contribution in [0.15, 0.2) is 0 Å². The van der Waals surface area contributed by atoms with Gasteiger partial charge in [0.1, 0.15) is 0 Å². The lowest BCUT2D eigenvalue weighted by Crippen LogP contribution is -2.44. The molecule has 2 fully saturated rings. The quantitative estimate of drug-likeness (QED) is 0.766. The SMILES string of the molecule is CC1(C)CC(NCCOC2CCCCC2)CCO1. The van der Waals surface area contributed by atoms with Crippen molar-refractivity contribution in [3.63, 3.8) is 0 Å². The van der Waals surface area contributed by atoms with Gasteiger partial charge in [0.2, 0.25) is 0 Å². The first kappa shape index (κ1) is 14.3. The van der Waals surface area contributed by atoms with E-state index in [4.69, 9.17) is 9.47 Å². The molecule has 2 rings (SSSR count). The van der Waals surface area contributed by atoms with Crippen LogP contribution in [0.4, 0.5) is 0 Å². The summed E-state index contributed by atoms with van der Waals surface area (Å²) in [6.45, 7) is 7.09. The van der Waals surface area contributed by atoms with Crippen LogP contribution in [-0.4, -0.2) is 37.5 Å². The van der Waals surface area contributed by atoms with E-state index in [2.05, 4.69) is 19.2 Å². The number of hydrogen-bond acceptors (Lipinski definition) is 3. The van der Waals surface area contributed by atoms with E-state index < -0.39 is 0 Å². The fourth-order valence-electron chi connectivity index (χ4n) is 3.13. The third kappa shape index (κ3) is 4.87. The highest BCUT2D eigenvalue weighted by Gasteiger charge is 2.28. The molecule has 3 nitrogen and oxygen atoms in total. The lowest BCUT2D eigenvalue weighted by Gasteiger charge is -2.36. The number of nitrogens with one attached hydrogen (secondary N) is 1. The second kappa shape index (κ2) is 6.88. The van der Waals surface area contributed by atoms with Crippen molar-refractivity contribution in [1.82, 2.24) is 5.32 Å². The molecule has 0 aromatic heterocycles. The maximum Gasteiger partial charge on any atom is 0.0641 e. The average Bonchev–Trinajstić information content (AvgIpc) is 2.35. The van der Waals surface area contributed by atoms with Crippen molar-refractivity contribution in [2.75, 3.05) is 19.8 Å². The number of hydrogen-bond donors (Lipinski definition) is 1. The van der Waals surface area contributed by atoms with Crippen LogP contribution in [0.5, 0.6) is 0 Å². The zero-order valence-corrected chi connectivity index (χ0v) is 12.0. The van der Waals surface area contributed by atoms with Gasteiger partial charge < -0.3 is 14.8 Å². The Labute approximate surface area is 112 Å². The summed E-state index contributed by atoms with van der Waals surface area (Å²) in [4.78, 5) is 0. The third-order valence-corrected chi connectivity index (χ3v) is 4.14. The van der Waals surface area contributed by atoms with Crippen molar-refractivity contribution < 1.29 is 9.47 Å². The fraction of sp³-hybridized carbons (Fsp3) is 1.00. The van der Waals surface area contributed by atoms with E-state index in [0.29, 0.717) is 12.1 Å². The van der Waals surface area contributed by atoms with Crippen LogP contribution >= 0.6 is 0 Å². The van der Waals surface area contributed by atoms with Crippen molar-refractivity contribution >= 4 is 0 Å². The molecule has 1 aliphatic carbocycles. The van der Waals surface area contributed by atoms with Crippen LogP contribution in [0.2, 0.25) is 0 Å². The first-order valence-corrected chi connectivity index (χ1v) is 7.65. The molecule has 18 heavy (non-hydrogen) atoms. The molecule has 0 aromatic rings. The summed E-state index contributed by atoms with van der Waals surface area (Å²) in [5.74, 6) is 0. The van der Waals surface area contributed by atoms with E-state index in [1.807, 2.05) is 0 Å². The molecule has 3 heteroatoms. The summed E-state index contributed by atoms with van der Waals surface area (Å²) in [7, 11) is 0. The van der Waals surface area contributed by atoms with Crippen LogP contribution in [0.25, 0.3) is 0 Å². The first-order chi connectivity index (χ1) is 8.66. The molecule has 1 saturated heterocycles. The molecule has 106 valence electrons. The predicted molar refractivity (Wildman–Crippen MR) is 73.9 cm³/mol. The molecule has 1 aliphatic heterocycles. The topological polar surface area (TPSA) is 30.5 Å². The maximum absolute atomic E-state index is 5.93. The van der Waals surface area contributed by atoms with Crippen molar-refractivity contribution in [2.24, 2.45) is 0 Å². The van der Waals surface area contributed by atoms with E-state index in [9.17, 15) is 0 Å². The number of ether oxygens (including phenoxy) is 2. The lowest BCUT2D eigenvalue weighted by molar-refractivity contribution is -0.0640. The summed E-state index contributed by atoms with van der Waals surface area (Å²) in [6, 6.07) is 0.601. The van der Waals surface area contributed by atoms with E-state index >= 15 is 0 Å². The van der Waals surface area contributed by atoms with Gasteiger partial charge in [-0.15, -0.1) is 0 Å². The van der Waals surface area contributed by atoms with Gasteiger partial charge in [-0.1, -0.05) is 19.3 Å². The molecule has 1 saturated carbocycles. The van der Waals surface area contributed by atoms with E-state index in [-0.39, 0.29) is 5.60 Å². The Morgan fingerprint density at radius 1 is 1.17 bits per heavy atom. The van der Waals surface area contributed by atoms with Crippen molar-refractivity contribution in [2.45, 2.75) is 76.5 Å². The summed E-state index contributed by atoms with van der Waals surface area (Å²) in [6.07, 6.45) is 9.41. The lowest BCUT2D eigenvalue weighted by atomic mass is 9.94. The molecule has 2 aliphatic rings. The van der Waals surface area contributed by atoms with Gasteiger partial charge >= 0.3 is 0 Å². The minimum Gasteiger partial charge on any atom is -0.377 e. The van der Waals surface area contributed by atoms with Crippen molar-refractivity contribution in [3.8, 4) is 0 Å². The molecule has 0 bridgehead atoms. The Balaban J connectivity index is 1.54. The molecular formula is C15H29NO2. The van der Waals surface area contributed by atoms with E-state index in [1.54, 1.807) is 0 Å². The van der Waals surface area contributed by atoms with Gasteiger partial charge in [0.25, 0.3) is 0 Å². The highest BCUT2D eigenvalue weighted by molar-refractivity contribution is 4.82. The molecule has 0 amide bonds. The highest BCUT2D eigenvalue weighted by Crippen LogP contribution is 2.24. The molecule has 1 heterocycles. The third-order valence-electron chi connectivity index (χ3n) is 4.14. The van der Waals surface area contributed by atoms with Gasteiger partial charge in [-0.05, 0) is 39.5 Å². The second-order valence-corrected chi connectivity index (χ2v) is 6.38. The standard InChI is InChI=1S/C15H29NO2/c1-15(2)12-13(8-10-18-15)16-9-11-17-14-6-4-3-5-7-14/h13-14,16H,3-12H2,1-2H3. The van der Waals surface area contributed by atoms with Gasteiger partial charge in [-0.3, -0.25) is 0 Å². The molecule has 1 N–H and O–H groups in total. The summed E-state index contributed by atoms with van der Waals surface area (Å²) in [5.41, 5.74) is 0.0418. The summed E-state index contributed by atoms with van der Waals surface area (Å²) >= 11 is 0. The van der Waals surface area contributed by atoms with E-state index in [1.165, 1.54) is 32.1 Å². The van der Waals surface area contributed by atoms with Crippen LogP contribution in [-0.2, 0) is 9.47 Å². The number of rotatable bonds is 5. The van der Waals surface area contributed by atoms with Crippen LogP contribution in [0, 0.1) is 0 Å². The van der Waals surface area contributed by atoms with Crippen LogP contribution in [0.1, 0.15) is 58.8 Å².